The minimum absolute atomic E-state index is 0.0369. The molecule has 138 valence electrons. The number of hydrogen-bond donors (Lipinski definition) is 0. The van der Waals surface area contributed by atoms with Gasteiger partial charge in [-0.25, -0.2) is 9.97 Å². The number of hydrogen-bond acceptors (Lipinski definition) is 6. The summed E-state index contributed by atoms with van der Waals surface area (Å²) in [5.41, 5.74) is 3.04. The monoisotopic (exact) mass is 355 g/mol. The van der Waals surface area contributed by atoms with Crippen molar-refractivity contribution in [3.8, 4) is 11.3 Å². The van der Waals surface area contributed by atoms with Crippen molar-refractivity contribution >= 4 is 17.5 Å². The van der Waals surface area contributed by atoms with Gasteiger partial charge in [0.15, 0.2) is 6.10 Å². The SMILES string of the molecule is CN(C)C(=O)C1CN(c2nccc(-c3ccc(N(C)C)cc3)n2)CCO1. The lowest BCUT2D eigenvalue weighted by molar-refractivity contribution is -0.141. The number of benzene rings is 1. The van der Waals surface area contributed by atoms with E-state index in [-0.39, 0.29) is 5.91 Å². The van der Waals surface area contributed by atoms with E-state index in [4.69, 9.17) is 9.72 Å². The number of likely N-dealkylation sites (N-methyl/N-ethyl adjacent to an activating group) is 1. The molecule has 1 aromatic heterocycles. The summed E-state index contributed by atoms with van der Waals surface area (Å²) < 4.78 is 5.61. The quantitative estimate of drug-likeness (QED) is 0.828. The molecule has 1 fully saturated rings. The highest BCUT2D eigenvalue weighted by Gasteiger charge is 2.29. The van der Waals surface area contributed by atoms with E-state index in [1.165, 1.54) is 0 Å². The fourth-order valence-electron chi connectivity index (χ4n) is 2.86. The second kappa shape index (κ2) is 7.70. The Morgan fingerprint density at radius 2 is 1.88 bits per heavy atom. The highest BCUT2D eigenvalue weighted by atomic mass is 16.5. The molecule has 26 heavy (non-hydrogen) atoms. The Bertz CT molecular complexity index is 761. The Balaban J connectivity index is 1.79. The summed E-state index contributed by atoms with van der Waals surface area (Å²) in [6.07, 6.45) is 1.28. The highest BCUT2D eigenvalue weighted by molar-refractivity contribution is 5.81. The molecule has 7 heteroatoms. The van der Waals surface area contributed by atoms with Crippen molar-refractivity contribution in [1.29, 1.82) is 0 Å². The van der Waals surface area contributed by atoms with Crippen molar-refractivity contribution in [2.75, 3.05) is 57.7 Å². The summed E-state index contributed by atoms with van der Waals surface area (Å²) in [4.78, 5) is 26.9. The lowest BCUT2D eigenvalue weighted by Gasteiger charge is -2.33. The zero-order chi connectivity index (χ0) is 18.7. The molecule has 0 aliphatic carbocycles. The number of nitrogens with zero attached hydrogens (tertiary/aromatic N) is 5. The van der Waals surface area contributed by atoms with Gasteiger partial charge in [-0.3, -0.25) is 4.79 Å². The Morgan fingerprint density at radius 1 is 1.15 bits per heavy atom. The molecular weight excluding hydrogens is 330 g/mol. The maximum atomic E-state index is 12.2. The Morgan fingerprint density at radius 3 is 2.54 bits per heavy atom. The van der Waals surface area contributed by atoms with Crippen molar-refractivity contribution in [2.24, 2.45) is 0 Å². The van der Waals surface area contributed by atoms with Gasteiger partial charge in [0.2, 0.25) is 5.95 Å². The maximum Gasteiger partial charge on any atom is 0.253 e. The van der Waals surface area contributed by atoms with Crippen LogP contribution in [0.2, 0.25) is 0 Å². The molecule has 1 aliphatic rings. The number of rotatable bonds is 4. The molecule has 1 amide bonds. The third kappa shape index (κ3) is 3.94. The molecule has 0 spiro atoms. The fraction of sp³-hybridized carbons (Fsp3) is 0.421. The maximum absolute atomic E-state index is 12.2. The van der Waals surface area contributed by atoms with Crippen molar-refractivity contribution in [2.45, 2.75) is 6.10 Å². The zero-order valence-electron chi connectivity index (χ0n) is 15.7. The molecule has 0 saturated carbocycles. The van der Waals surface area contributed by atoms with Crippen LogP contribution in [0.1, 0.15) is 0 Å². The van der Waals surface area contributed by atoms with Crippen LogP contribution in [-0.4, -0.2) is 74.8 Å². The average Bonchev–Trinajstić information content (AvgIpc) is 2.67. The molecule has 0 N–H and O–H groups in total. The van der Waals surface area contributed by atoms with Crippen LogP contribution in [-0.2, 0) is 9.53 Å². The first-order chi connectivity index (χ1) is 12.5. The standard InChI is InChI=1S/C19H25N5O2/c1-22(2)15-7-5-14(6-8-15)16-9-10-20-19(21-16)24-11-12-26-17(13-24)18(25)23(3)4/h5-10,17H,11-13H2,1-4H3. The zero-order valence-corrected chi connectivity index (χ0v) is 15.7. The van der Waals surface area contributed by atoms with Crippen LogP contribution < -0.4 is 9.80 Å². The van der Waals surface area contributed by atoms with E-state index in [0.29, 0.717) is 25.6 Å². The van der Waals surface area contributed by atoms with E-state index in [2.05, 4.69) is 34.1 Å². The predicted octanol–water partition coefficient (Wildman–Crippen LogP) is 1.50. The van der Waals surface area contributed by atoms with E-state index in [0.717, 1.165) is 16.9 Å². The third-order valence-electron chi connectivity index (χ3n) is 4.39. The molecule has 1 aliphatic heterocycles. The molecule has 1 saturated heterocycles. The lowest BCUT2D eigenvalue weighted by Crippen LogP contribution is -2.50. The Labute approximate surface area is 154 Å². The van der Waals surface area contributed by atoms with Gasteiger partial charge in [-0.1, -0.05) is 12.1 Å². The van der Waals surface area contributed by atoms with Crippen molar-refractivity contribution < 1.29 is 9.53 Å². The first-order valence-electron chi connectivity index (χ1n) is 8.64. The number of anilines is 2. The summed E-state index contributed by atoms with van der Waals surface area (Å²) in [5.74, 6) is 0.587. The average molecular weight is 355 g/mol. The first kappa shape index (κ1) is 18.1. The van der Waals surface area contributed by atoms with Gasteiger partial charge in [0.1, 0.15) is 0 Å². The summed E-state index contributed by atoms with van der Waals surface area (Å²) in [5, 5.41) is 0. The highest BCUT2D eigenvalue weighted by Crippen LogP contribution is 2.23. The van der Waals surface area contributed by atoms with Gasteiger partial charge in [-0.05, 0) is 18.2 Å². The van der Waals surface area contributed by atoms with Gasteiger partial charge >= 0.3 is 0 Å². The topological polar surface area (TPSA) is 61.8 Å². The number of ether oxygens (including phenoxy) is 1. The predicted molar refractivity (Wildman–Crippen MR) is 102 cm³/mol. The van der Waals surface area contributed by atoms with Crippen LogP contribution in [0.3, 0.4) is 0 Å². The Hall–Kier alpha value is -2.67. The number of carbonyl (C=O) groups excluding carboxylic acids is 1. The van der Waals surface area contributed by atoms with E-state index in [1.54, 1.807) is 25.2 Å². The third-order valence-corrected chi connectivity index (χ3v) is 4.39. The molecule has 3 rings (SSSR count). The molecule has 2 aromatic rings. The summed E-state index contributed by atoms with van der Waals surface area (Å²) >= 11 is 0. The molecule has 0 radical (unpaired) electrons. The van der Waals surface area contributed by atoms with Crippen LogP contribution in [0.15, 0.2) is 36.5 Å². The largest absolute Gasteiger partial charge is 0.378 e. The van der Waals surface area contributed by atoms with Crippen LogP contribution in [0.25, 0.3) is 11.3 Å². The summed E-state index contributed by atoms with van der Waals surface area (Å²) in [7, 11) is 7.50. The van der Waals surface area contributed by atoms with Crippen molar-refractivity contribution in [3.05, 3.63) is 36.5 Å². The molecule has 2 heterocycles. The molecule has 7 nitrogen and oxygen atoms in total. The number of morpholine rings is 1. The van der Waals surface area contributed by atoms with Gasteiger partial charge in [-0.15, -0.1) is 0 Å². The Kier molecular flexibility index (Phi) is 5.37. The summed E-state index contributed by atoms with van der Waals surface area (Å²) in [6.45, 7) is 1.61. The van der Waals surface area contributed by atoms with Gasteiger partial charge in [0, 0.05) is 52.2 Å². The number of aromatic nitrogens is 2. The smallest absolute Gasteiger partial charge is 0.253 e. The molecular formula is C19H25N5O2. The van der Waals surface area contributed by atoms with Crippen molar-refractivity contribution in [1.82, 2.24) is 14.9 Å². The summed E-state index contributed by atoms with van der Waals surface area (Å²) in [6, 6.07) is 10.1. The van der Waals surface area contributed by atoms with E-state index >= 15 is 0 Å². The van der Waals surface area contributed by atoms with Gasteiger partial charge < -0.3 is 19.4 Å². The van der Waals surface area contributed by atoms with Crippen LogP contribution in [0, 0.1) is 0 Å². The minimum atomic E-state index is -0.481. The van der Waals surface area contributed by atoms with Crippen molar-refractivity contribution in [3.63, 3.8) is 0 Å². The van der Waals surface area contributed by atoms with E-state index in [9.17, 15) is 4.79 Å². The number of amides is 1. The minimum Gasteiger partial charge on any atom is -0.378 e. The van der Waals surface area contributed by atoms with Crippen LogP contribution >= 0.6 is 0 Å². The molecule has 1 atom stereocenters. The molecule has 1 unspecified atom stereocenters. The first-order valence-corrected chi connectivity index (χ1v) is 8.64. The molecule has 0 bridgehead atoms. The van der Waals surface area contributed by atoms with E-state index in [1.807, 2.05) is 25.1 Å². The normalized spacial score (nSPS) is 17.1. The van der Waals surface area contributed by atoms with Gasteiger partial charge in [-0.2, -0.15) is 0 Å². The van der Waals surface area contributed by atoms with E-state index < -0.39 is 6.10 Å². The lowest BCUT2D eigenvalue weighted by atomic mass is 10.1. The second-order valence-electron chi connectivity index (χ2n) is 6.72. The van der Waals surface area contributed by atoms with Crippen LogP contribution in [0.4, 0.5) is 11.6 Å². The fourth-order valence-corrected chi connectivity index (χ4v) is 2.86. The van der Waals surface area contributed by atoms with Gasteiger partial charge in [0.25, 0.3) is 5.91 Å². The van der Waals surface area contributed by atoms with Gasteiger partial charge in [0.05, 0.1) is 18.8 Å². The second-order valence-corrected chi connectivity index (χ2v) is 6.72. The number of carbonyl (C=O) groups is 1. The molecule has 1 aromatic carbocycles. The van der Waals surface area contributed by atoms with Crippen LogP contribution in [0.5, 0.6) is 0 Å².